The van der Waals surface area contributed by atoms with Gasteiger partial charge >= 0.3 is 0 Å². The van der Waals surface area contributed by atoms with Crippen molar-refractivity contribution >= 4 is 11.8 Å². The molecule has 0 spiro atoms. The van der Waals surface area contributed by atoms with Crippen molar-refractivity contribution in [3.05, 3.63) is 102 Å². The predicted octanol–water partition coefficient (Wildman–Crippen LogP) is 5.76. The molecule has 1 heterocycles. The van der Waals surface area contributed by atoms with Gasteiger partial charge in [-0.3, -0.25) is 0 Å². The highest BCUT2D eigenvalue weighted by atomic mass is 32.2. The first-order chi connectivity index (χ1) is 12.8. The molecular weight excluding hydrogens is 347 g/mol. The molecule has 0 saturated heterocycles. The Balaban J connectivity index is 1.63. The molecule has 0 saturated carbocycles. The maximum absolute atomic E-state index is 13.1. The maximum atomic E-state index is 13.1. The van der Waals surface area contributed by atoms with E-state index in [4.69, 9.17) is 4.42 Å². The highest BCUT2D eigenvalue weighted by molar-refractivity contribution is 7.99. The Morgan fingerprint density at radius 3 is 1.88 bits per heavy atom. The molecule has 3 nitrogen and oxygen atoms in total. The molecule has 0 aliphatic heterocycles. The number of hydrogen-bond donors (Lipinski definition) is 0. The summed E-state index contributed by atoms with van der Waals surface area (Å²) in [6.07, 6.45) is 0. The molecule has 0 amide bonds. The second-order valence-electron chi connectivity index (χ2n) is 5.70. The molecule has 4 aromatic rings. The maximum Gasteiger partial charge on any atom is 0.277 e. The van der Waals surface area contributed by atoms with Crippen LogP contribution in [0.25, 0.3) is 11.5 Å². The molecule has 0 aliphatic rings. The van der Waals surface area contributed by atoms with Crippen molar-refractivity contribution < 1.29 is 8.81 Å². The zero-order valence-electron chi connectivity index (χ0n) is 13.7. The molecule has 0 N–H and O–H groups in total. The van der Waals surface area contributed by atoms with E-state index in [2.05, 4.69) is 34.5 Å². The van der Waals surface area contributed by atoms with E-state index in [0.29, 0.717) is 16.7 Å². The highest BCUT2D eigenvalue weighted by Crippen LogP contribution is 2.40. The summed E-state index contributed by atoms with van der Waals surface area (Å²) in [5, 5.41) is 8.77. The van der Waals surface area contributed by atoms with Gasteiger partial charge in [-0.05, 0) is 35.4 Å². The van der Waals surface area contributed by atoms with Gasteiger partial charge in [-0.25, -0.2) is 4.39 Å². The fourth-order valence-electron chi connectivity index (χ4n) is 2.65. The van der Waals surface area contributed by atoms with Crippen LogP contribution in [0.2, 0.25) is 0 Å². The van der Waals surface area contributed by atoms with Crippen LogP contribution in [0.1, 0.15) is 16.4 Å². The van der Waals surface area contributed by atoms with Crippen LogP contribution >= 0.6 is 11.8 Å². The SMILES string of the molecule is Fc1ccc(-c2nnc(SC(c3ccccc3)c3ccccc3)o2)cc1. The molecule has 4 rings (SSSR count). The Bertz CT molecular complexity index is 932. The Kier molecular flexibility index (Phi) is 4.80. The third kappa shape index (κ3) is 3.68. The largest absolute Gasteiger partial charge is 0.411 e. The fraction of sp³-hybridized carbons (Fsp3) is 0.0476. The van der Waals surface area contributed by atoms with E-state index >= 15 is 0 Å². The first-order valence-corrected chi connectivity index (χ1v) is 9.03. The second kappa shape index (κ2) is 7.54. The van der Waals surface area contributed by atoms with Crippen molar-refractivity contribution in [3.8, 4) is 11.5 Å². The van der Waals surface area contributed by atoms with E-state index in [1.807, 2.05) is 36.4 Å². The number of thioether (sulfide) groups is 1. The summed E-state index contributed by atoms with van der Waals surface area (Å²) in [7, 11) is 0. The molecule has 3 aromatic carbocycles. The number of nitrogens with zero attached hydrogens (tertiary/aromatic N) is 2. The molecule has 0 aliphatic carbocycles. The lowest BCUT2D eigenvalue weighted by molar-refractivity contribution is 0.465. The minimum atomic E-state index is -0.295. The lowest BCUT2D eigenvalue weighted by atomic mass is 10.0. The minimum absolute atomic E-state index is 0.0407. The van der Waals surface area contributed by atoms with Gasteiger partial charge in [0.2, 0.25) is 5.89 Å². The Hall–Kier alpha value is -2.92. The molecule has 0 radical (unpaired) electrons. The average molecular weight is 362 g/mol. The zero-order chi connectivity index (χ0) is 17.8. The van der Waals surface area contributed by atoms with Gasteiger partial charge in [-0.2, -0.15) is 0 Å². The van der Waals surface area contributed by atoms with Crippen molar-refractivity contribution in [2.45, 2.75) is 10.5 Å². The van der Waals surface area contributed by atoms with Crippen LogP contribution in [0.15, 0.2) is 94.6 Å². The van der Waals surface area contributed by atoms with Crippen LogP contribution < -0.4 is 0 Å². The quantitative estimate of drug-likeness (QED) is 0.423. The van der Waals surface area contributed by atoms with Crippen LogP contribution in [0.4, 0.5) is 4.39 Å². The monoisotopic (exact) mass is 362 g/mol. The fourth-order valence-corrected chi connectivity index (χ4v) is 3.65. The van der Waals surface area contributed by atoms with Crippen LogP contribution in [0.5, 0.6) is 0 Å². The van der Waals surface area contributed by atoms with Gasteiger partial charge in [0.25, 0.3) is 5.22 Å². The lowest BCUT2D eigenvalue weighted by Crippen LogP contribution is -1.96. The number of hydrogen-bond acceptors (Lipinski definition) is 4. The average Bonchev–Trinajstić information content (AvgIpc) is 3.17. The van der Waals surface area contributed by atoms with E-state index in [9.17, 15) is 4.39 Å². The van der Waals surface area contributed by atoms with Crippen molar-refractivity contribution in [2.24, 2.45) is 0 Å². The van der Waals surface area contributed by atoms with Gasteiger partial charge in [-0.1, -0.05) is 72.4 Å². The third-order valence-electron chi connectivity index (χ3n) is 3.92. The number of benzene rings is 3. The van der Waals surface area contributed by atoms with Crippen molar-refractivity contribution in [3.63, 3.8) is 0 Å². The number of halogens is 1. The molecule has 0 fully saturated rings. The van der Waals surface area contributed by atoms with Crippen molar-refractivity contribution in [2.75, 3.05) is 0 Å². The summed E-state index contributed by atoms with van der Waals surface area (Å²) in [5.41, 5.74) is 3.01. The third-order valence-corrected chi connectivity index (χ3v) is 5.07. The number of aromatic nitrogens is 2. The van der Waals surface area contributed by atoms with E-state index < -0.39 is 0 Å². The standard InChI is InChI=1S/C21H15FN2OS/c22-18-13-11-17(12-14-18)20-23-24-21(25-20)26-19(15-7-3-1-4-8-15)16-9-5-2-6-10-16/h1-14,19H. The van der Waals surface area contributed by atoms with E-state index in [-0.39, 0.29) is 11.1 Å². The normalized spacial score (nSPS) is 11.0. The zero-order valence-corrected chi connectivity index (χ0v) is 14.6. The van der Waals surface area contributed by atoms with E-state index in [0.717, 1.165) is 11.1 Å². The smallest absolute Gasteiger partial charge is 0.277 e. The molecule has 26 heavy (non-hydrogen) atoms. The van der Waals surface area contributed by atoms with Crippen LogP contribution in [-0.4, -0.2) is 10.2 Å². The second-order valence-corrected chi connectivity index (χ2v) is 6.76. The summed E-state index contributed by atoms with van der Waals surface area (Å²) < 4.78 is 18.9. The summed E-state index contributed by atoms with van der Waals surface area (Å²) >= 11 is 1.50. The topological polar surface area (TPSA) is 38.9 Å². The van der Waals surface area contributed by atoms with Gasteiger partial charge in [-0.15, -0.1) is 10.2 Å². The molecule has 128 valence electrons. The summed E-state index contributed by atoms with van der Waals surface area (Å²) in [4.78, 5) is 0. The van der Waals surface area contributed by atoms with Gasteiger partial charge < -0.3 is 4.42 Å². The molecule has 0 atom stereocenters. The van der Waals surface area contributed by atoms with Crippen LogP contribution in [0.3, 0.4) is 0 Å². The van der Waals surface area contributed by atoms with Crippen molar-refractivity contribution in [1.82, 2.24) is 10.2 Å². The predicted molar refractivity (Wildman–Crippen MR) is 100 cm³/mol. The van der Waals surface area contributed by atoms with E-state index in [1.54, 1.807) is 12.1 Å². The summed E-state index contributed by atoms with van der Waals surface area (Å²) in [6, 6.07) is 26.4. The van der Waals surface area contributed by atoms with Crippen LogP contribution in [0, 0.1) is 5.82 Å². The van der Waals surface area contributed by atoms with E-state index in [1.165, 1.54) is 23.9 Å². The first kappa shape index (κ1) is 16.5. The Labute approximate surface area is 154 Å². The summed E-state index contributed by atoms with van der Waals surface area (Å²) in [6.45, 7) is 0. The molecule has 5 heteroatoms. The van der Waals surface area contributed by atoms with Gasteiger partial charge in [0.1, 0.15) is 5.82 Å². The van der Waals surface area contributed by atoms with Crippen molar-refractivity contribution in [1.29, 1.82) is 0 Å². The molecule has 1 aromatic heterocycles. The van der Waals surface area contributed by atoms with Gasteiger partial charge in [0.15, 0.2) is 0 Å². The number of rotatable bonds is 5. The summed E-state index contributed by atoms with van der Waals surface area (Å²) in [5.74, 6) is 0.0865. The molecule has 0 bridgehead atoms. The Morgan fingerprint density at radius 2 is 1.31 bits per heavy atom. The molecular formula is C21H15FN2OS. The van der Waals surface area contributed by atoms with Gasteiger partial charge in [0, 0.05) is 5.56 Å². The first-order valence-electron chi connectivity index (χ1n) is 8.15. The molecule has 0 unspecified atom stereocenters. The Morgan fingerprint density at radius 1 is 0.731 bits per heavy atom. The van der Waals surface area contributed by atoms with Crippen LogP contribution in [-0.2, 0) is 0 Å². The lowest BCUT2D eigenvalue weighted by Gasteiger charge is -2.15. The minimum Gasteiger partial charge on any atom is -0.411 e. The van der Waals surface area contributed by atoms with Gasteiger partial charge in [0.05, 0.1) is 5.25 Å². The highest BCUT2D eigenvalue weighted by Gasteiger charge is 2.19.